The fourth-order valence-electron chi connectivity index (χ4n) is 3.51. The van der Waals surface area contributed by atoms with Crippen molar-refractivity contribution in [3.8, 4) is 11.5 Å². The van der Waals surface area contributed by atoms with Crippen LogP contribution in [0.3, 0.4) is 0 Å². The van der Waals surface area contributed by atoms with Crippen LogP contribution in [-0.2, 0) is 24.0 Å². The van der Waals surface area contributed by atoms with Gasteiger partial charge < -0.3 is 14.9 Å². The number of ether oxygens (including phenoxy) is 2. The van der Waals surface area contributed by atoms with E-state index in [1.54, 1.807) is 14.2 Å². The highest BCUT2D eigenvalue weighted by molar-refractivity contribution is 7.83. The lowest BCUT2D eigenvalue weighted by Gasteiger charge is -2.29. The Morgan fingerprint density at radius 3 is 2.38 bits per heavy atom. The Morgan fingerprint density at radius 2 is 1.72 bits per heavy atom. The van der Waals surface area contributed by atoms with Crippen LogP contribution in [0.15, 0.2) is 35.2 Å². The van der Waals surface area contributed by atoms with E-state index in [4.69, 9.17) is 9.47 Å². The van der Waals surface area contributed by atoms with Gasteiger partial charge in [-0.05, 0) is 79.8 Å². The number of nitrogens with one attached hydrogen (secondary N) is 1. The average Bonchev–Trinajstić information content (AvgIpc) is 2.71. The summed E-state index contributed by atoms with van der Waals surface area (Å²) in [5.41, 5.74) is 5.03. The molecule has 0 aromatic heterocycles. The van der Waals surface area contributed by atoms with Crippen LogP contribution in [-0.4, -0.2) is 48.4 Å². The van der Waals surface area contributed by atoms with E-state index >= 15 is 0 Å². The van der Waals surface area contributed by atoms with E-state index in [2.05, 4.69) is 35.6 Å². The Labute approximate surface area is 176 Å². The Balaban J connectivity index is 0.00000300. The predicted octanol–water partition coefficient (Wildman–Crippen LogP) is 2.56. The van der Waals surface area contributed by atoms with Crippen molar-refractivity contribution in [3.63, 3.8) is 0 Å². The second-order valence-electron chi connectivity index (χ2n) is 7.26. The summed E-state index contributed by atoms with van der Waals surface area (Å²) in [7, 11) is 2.20. The molecule has 1 heterocycles. The maximum Gasteiger partial charge on any atom is 0.161 e. The molecule has 1 unspecified atom stereocenters. The lowest BCUT2D eigenvalue weighted by molar-refractivity contribution is 0.250. The van der Waals surface area contributed by atoms with Gasteiger partial charge in [-0.1, -0.05) is 6.07 Å². The molecule has 2 aromatic rings. The van der Waals surface area contributed by atoms with Crippen molar-refractivity contribution in [2.24, 2.45) is 0 Å². The van der Waals surface area contributed by atoms with Crippen molar-refractivity contribution < 1.29 is 19.2 Å². The third-order valence-corrected chi connectivity index (χ3v) is 6.52. The van der Waals surface area contributed by atoms with Crippen LogP contribution in [0, 0.1) is 13.8 Å². The third-order valence-electron chi connectivity index (χ3n) is 5.37. The zero-order valence-electron chi connectivity index (χ0n) is 17.7. The molecule has 0 radical (unpaired) electrons. The molecule has 1 aliphatic rings. The Hall–Kier alpha value is -1.93. The molecule has 0 amide bonds. The fraction of sp³-hybridized carbons (Fsp3) is 0.455. The molecular weight excluding hydrogens is 388 g/mol. The monoisotopic (exact) mass is 420 g/mol. The summed E-state index contributed by atoms with van der Waals surface area (Å²) in [5.74, 6) is 1.58. The van der Waals surface area contributed by atoms with E-state index in [1.165, 1.54) is 22.3 Å². The fourth-order valence-corrected chi connectivity index (χ4v) is 4.48. The number of nitrogens with zero attached hydrogens (tertiary/aromatic N) is 1. The minimum atomic E-state index is -1.15. The maximum atomic E-state index is 12.4. The minimum absolute atomic E-state index is 0. The SMILES string of the molecule is COc1cc2c(cc1OC)CN(CCCNS(=O)c1ccc(C)c(C)c1)CC2.O. The van der Waals surface area contributed by atoms with Gasteiger partial charge in [-0.2, -0.15) is 0 Å². The average molecular weight is 421 g/mol. The van der Waals surface area contributed by atoms with Crippen LogP contribution < -0.4 is 14.2 Å². The van der Waals surface area contributed by atoms with Gasteiger partial charge >= 0.3 is 0 Å². The second-order valence-corrected chi connectivity index (χ2v) is 8.56. The molecule has 0 saturated heterocycles. The Morgan fingerprint density at radius 1 is 1.03 bits per heavy atom. The van der Waals surface area contributed by atoms with Crippen molar-refractivity contribution >= 4 is 11.0 Å². The molecule has 0 aliphatic carbocycles. The Kier molecular flexibility index (Phi) is 8.64. The Bertz CT molecular complexity index is 857. The highest BCUT2D eigenvalue weighted by atomic mass is 32.2. The molecule has 6 nitrogen and oxygen atoms in total. The quantitative estimate of drug-likeness (QED) is 0.666. The van der Waals surface area contributed by atoms with E-state index in [1.807, 2.05) is 18.2 Å². The van der Waals surface area contributed by atoms with Crippen molar-refractivity contribution in [2.45, 2.75) is 38.1 Å². The molecule has 29 heavy (non-hydrogen) atoms. The van der Waals surface area contributed by atoms with E-state index in [0.717, 1.165) is 55.4 Å². The number of methoxy groups -OCH3 is 2. The van der Waals surface area contributed by atoms with Crippen LogP contribution in [0.5, 0.6) is 11.5 Å². The van der Waals surface area contributed by atoms with Crippen molar-refractivity contribution in [1.29, 1.82) is 0 Å². The van der Waals surface area contributed by atoms with Gasteiger partial charge in [-0.25, -0.2) is 8.93 Å². The standard InChI is InChI=1S/C22H30N2O3S.H2O/c1-16-6-7-20(12-17(16)2)28(25)23-9-5-10-24-11-8-18-13-21(26-3)22(27-4)14-19(18)15-24;/h6-7,12-14,23H,5,8-11,15H2,1-4H3;1H2. The third kappa shape index (κ3) is 5.79. The van der Waals surface area contributed by atoms with Gasteiger partial charge in [0.15, 0.2) is 11.5 Å². The molecule has 1 aliphatic heterocycles. The molecule has 1 atom stereocenters. The van der Waals surface area contributed by atoms with Crippen molar-refractivity contribution in [2.75, 3.05) is 33.9 Å². The summed E-state index contributed by atoms with van der Waals surface area (Å²) in [6.45, 7) is 7.77. The second kappa shape index (κ2) is 10.7. The summed E-state index contributed by atoms with van der Waals surface area (Å²) in [6, 6.07) is 10.2. The molecule has 7 heteroatoms. The van der Waals surface area contributed by atoms with E-state index in [0.29, 0.717) is 0 Å². The number of rotatable bonds is 8. The van der Waals surface area contributed by atoms with E-state index < -0.39 is 11.0 Å². The van der Waals surface area contributed by atoms with Crippen LogP contribution in [0.2, 0.25) is 0 Å². The first kappa shape index (κ1) is 23.3. The lowest BCUT2D eigenvalue weighted by atomic mass is 9.98. The van der Waals surface area contributed by atoms with Gasteiger partial charge in [0, 0.05) is 19.6 Å². The largest absolute Gasteiger partial charge is 0.493 e. The van der Waals surface area contributed by atoms with Crippen LogP contribution >= 0.6 is 0 Å². The smallest absolute Gasteiger partial charge is 0.161 e. The number of aryl methyl sites for hydroxylation is 2. The predicted molar refractivity (Wildman–Crippen MR) is 117 cm³/mol. The molecule has 3 rings (SSSR count). The molecule has 0 saturated carbocycles. The first-order valence-electron chi connectivity index (χ1n) is 9.70. The molecule has 0 fully saturated rings. The topological polar surface area (TPSA) is 82.3 Å². The maximum absolute atomic E-state index is 12.4. The molecule has 160 valence electrons. The van der Waals surface area contributed by atoms with Crippen LogP contribution in [0.1, 0.15) is 28.7 Å². The van der Waals surface area contributed by atoms with Crippen LogP contribution in [0.4, 0.5) is 0 Å². The lowest BCUT2D eigenvalue weighted by Crippen LogP contribution is -2.33. The summed E-state index contributed by atoms with van der Waals surface area (Å²) >= 11 is 0. The van der Waals surface area contributed by atoms with Crippen molar-refractivity contribution in [3.05, 3.63) is 52.6 Å². The van der Waals surface area contributed by atoms with Crippen LogP contribution in [0.25, 0.3) is 0 Å². The zero-order valence-corrected chi connectivity index (χ0v) is 18.5. The van der Waals surface area contributed by atoms with E-state index in [9.17, 15) is 4.21 Å². The van der Waals surface area contributed by atoms with E-state index in [-0.39, 0.29) is 5.48 Å². The van der Waals surface area contributed by atoms with Gasteiger partial charge in [0.1, 0.15) is 11.0 Å². The van der Waals surface area contributed by atoms with Gasteiger partial charge in [-0.15, -0.1) is 0 Å². The zero-order chi connectivity index (χ0) is 20.1. The molecular formula is C22H32N2O4S. The minimum Gasteiger partial charge on any atom is -0.493 e. The first-order valence-corrected chi connectivity index (χ1v) is 10.9. The molecule has 0 spiro atoms. The van der Waals surface area contributed by atoms with Gasteiger partial charge in [0.25, 0.3) is 0 Å². The summed E-state index contributed by atoms with van der Waals surface area (Å²) in [6.07, 6.45) is 1.97. The summed E-state index contributed by atoms with van der Waals surface area (Å²) in [4.78, 5) is 3.28. The number of hydrogen-bond acceptors (Lipinski definition) is 4. The molecule has 0 bridgehead atoms. The molecule has 2 aromatic carbocycles. The highest BCUT2D eigenvalue weighted by Gasteiger charge is 2.19. The first-order chi connectivity index (χ1) is 13.5. The molecule has 3 N–H and O–H groups in total. The van der Waals surface area contributed by atoms with Gasteiger partial charge in [0.2, 0.25) is 0 Å². The van der Waals surface area contributed by atoms with Crippen molar-refractivity contribution in [1.82, 2.24) is 9.62 Å². The summed E-state index contributed by atoms with van der Waals surface area (Å²) in [5, 5.41) is 0. The number of fused-ring (bicyclic) bond motifs is 1. The number of benzene rings is 2. The summed E-state index contributed by atoms with van der Waals surface area (Å²) < 4.78 is 26.4. The highest BCUT2D eigenvalue weighted by Crippen LogP contribution is 2.33. The normalized spacial score (nSPS) is 14.6. The van der Waals surface area contributed by atoms with Gasteiger partial charge in [0.05, 0.1) is 19.1 Å². The van der Waals surface area contributed by atoms with Gasteiger partial charge in [-0.3, -0.25) is 4.90 Å². The number of hydrogen-bond donors (Lipinski definition) is 1.